The van der Waals surface area contributed by atoms with Crippen LogP contribution in [-0.4, -0.2) is 11.8 Å². The number of carbonyl (C=O) groups is 1. The minimum absolute atomic E-state index is 0.181. The zero-order valence-corrected chi connectivity index (χ0v) is 7.41. The van der Waals surface area contributed by atoms with Gasteiger partial charge in [-0.25, -0.2) is 0 Å². The molecule has 0 amide bonds. The first-order valence-corrected chi connectivity index (χ1v) is 4.06. The summed E-state index contributed by atoms with van der Waals surface area (Å²) in [6.07, 6.45) is 0. The van der Waals surface area contributed by atoms with Crippen LogP contribution in [0.2, 0.25) is 0 Å². The van der Waals surface area contributed by atoms with E-state index in [0.29, 0.717) is 11.3 Å². The van der Waals surface area contributed by atoms with Gasteiger partial charge in [-0.05, 0) is 24.3 Å². The number of ether oxygens (including phenoxy) is 1. The molecule has 13 heavy (non-hydrogen) atoms. The first kappa shape index (κ1) is 9.56. The summed E-state index contributed by atoms with van der Waals surface area (Å²) < 4.78 is 4.78. The van der Waals surface area contributed by atoms with E-state index in [0.717, 1.165) is 0 Å². The third-order valence-electron chi connectivity index (χ3n) is 1.32. The van der Waals surface area contributed by atoms with Crippen molar-refractivity contribution in [3.8, 4) is 11.8 Å². The first-order chi connectivity index (χ1) is 6.26. The molecule has 4 heteroatoms. The molecule has 0 saturated heterocycles. The molecule has 0 spiro atoms. The molecule has 0 unspecified atom stereocenters. The average Bonchev–Trinajstić information content (AvgIpc) is 2.19. The highest BCUT2D eigenvalue weighted by atomic mass is 35.5. The number of nitriles is 1. The summed E-state index contributed by atoms with van der Waals surface area (Å²) in [5, 5.41) is 8.48. The maximum Gasteiger partial charge on any atom is 0.326 e. The summed E-state index contributed by atoms with van der Waals surface area (Å²) in [7, 11) is 0. The Bertz CT molecular complexity index is 340. The molecule has 0 aliphatic heterocycles. The molecule has 0 N–H and O–H groups in total. The van der Waals surface area contributed by atoms with E-state index in [1.807, 2.05) is 6.07 Å². The second-order valence-electron chi connectivity index (χ2n) is 2.24. The van der Waals surface area contributed by atoms with Gasteiger partial charge in [0.05, 0.1) is 11.6 Å². The van der Waals surface area contributed by atoms with Gasteiger partial charge in [-0.3, -0.25) is 4.79 Å². The number of hydrogen-bond donors (Lipinski definition) is 0. The van der Waals surface area contributed by atoms with E-state index in [4.69, 9.17) is 21.6 Å². The predicted octanol–water partition coefficient (Wildman–Crippen LogP) is 1.70. The zero-order valence-electron chi connectivity index (χ0n) is 6.66. The molecule has 0 saturated carbocycles. The zero-order chi connectivity index (χ0) is 9.68. The van der Waals surface area contributed by atoms with Gasteiger partial charge in [-0.1, -0.05) is 0 Å². The van der Waals surface area contributed by atoms with Crippen molar-refractivity contribution in [2.24, 2.45) is 0 Å². The molecule has 66 valence electrons. The Morgan fingerprint density at radius 3 is 2.54 bits per heavy atom. The Hall–Kier alpha value is -1.53. The van der Waals surface area contributed by atoms with Gasteiger partial charge in [-0.15, -0.1) is 11.6 Å². The predicted molar refractivity (Wildman–Crippen MR) is 47.5 cm³/mol. The van der Waals surface area contributed by atoms with Crippen molar-refractivity contribution in [3.63, 3.8) is 0 Å². The van der Waals surface area contributed by atoms with Gasteiger partial charge in [-0.2, -0.15) is 5.26 Å². The van der Waals surface area contributed by atoms with Crippen molar-refractivity contribution in [1.29, 1.82) is 5.26 Å². The van der Waals surface area contributed by atoms with Gasteiger partial charge in [0.1, 0.15) is 11.6 Å². The molecular formula is C9H6ClNO2. The number of esters is 1. The van der Waals surface area contributed by atoms with Crippen LogP contribution in [0, 0.1) is 11.3 Å². The monoisotopic (exact) mass is 195 g/mol. The van der Waals surface area contributed by atoms with E-state index < -0.39 is 5.97 Å². The highest BCUT2D eigenvalue weighted by Gasteiger charge is 2.01. The lowest BCUT2D eigenvalue weighted by atomic mass is 10.2. The van der Waals surface area contributed by atoms with Crippen LogP contribution in [0.15, 0.2) is 24.3 Å². The molecule has 0 aliphatic rings. The fourth-order valence-corrected chi connectivity index (χ4v) is 0.811. The van der Waals surface area contributed by atoms with Crippen LogP contribution in [0.3, 0.4) is 0 Å². The van der Waals surface area contributed by atoms with Crippen LogP contribution in [0.1, 0.15) is 5.56 Å². The fraction of sp³-hybridized carbons (Fsp3) is 0.111. The molecule has 3 nitrogen and oxygen atoms in total. The highest BCUT2D eigenvalue weighted by Crippen LogP contribution is 2.11. The number of hydrogen-bond acceptors (Lipinski definition) is 3. The van der Waals surface area contributed by atoms with Crippen LogP contribution in [0.5, 0.6) is 5.75 Å². The van der Waals surface area contributed by atoms with Crippen molar-refractivity contribution < 1.29 is 9.53 Å². The van der Waals surface area contributed by atoms with Crippen molar-refractivity contribution in [1.82, 2.24) is 0 Å². The summed E-state index contributed by atoms with van der Waals surface area (Å²) in [6.45, 7) is 0. The van der Waals surface area contributed by atoms with Gasteiger partial charge < -0.3 is 4.74 Å². The lowest BCUT2D eigenvalue weighted by Gasteiger charge is -2.00. The standard InChI is InChI=1S/C9H6ClNO2/c10-5-9(12)13-8-3-1-7(6-11)2-4-8/h1-4H,5H2. The first-order valence-electron chi connectivity index (χ1n) is 3.53. The Balaban J connectivity index is 2.71. The van der Waals surface area contributed by atoms with Gasteiger partial charge >= 0.3 is 5.97 Å². The second-order valence-corrected chi connectivity index (χ2v) is 2.51. The Morgan fingerprint density at radius 2 is 2.08 bits per heavy atom. The lowest BCUT2D eigenvalue weighted by molar-refractivity contribution is -0.131. The van der Waals surface area contributed by atoms with Crippen LogP contribution in [0.25, 0.3) is 0 Å². The molecule has 0 bridgehead atoms. The average molecular weight is 196 g/mol. The molecule has 0 aromatic heterocycles. The van der Waals surface area contributed by atoms with Crippen molar-refractivity contribution in [2.75, 3.05) is 5.88 Å². The van der Waals surface area contributed by atoms with Gasteiger partial charge in [0.2, 0.25) is 0 Å². The Kier molecular flexibility index (Phi) is 3.30. The highest BCUT2D eigenvalue weighted by molar-refractivity contribution is 6.26. The number of alkyl halides is 1. The molecular weight excluding hydrogens is 190 g/mol. The number of benzene rings is 1. The van der Waals surface area contributed by atoms with E-state index in [2.05, 4.69) is 0 Å². The van der Waals surface area contributed by atoms with E-state index in [1.165, 1.54) is 0 Å². The van der Waals surface area contributed by atoms with E-state index in [9.17, 15) is 4.79 Å². The smallest absolute Gasteiger partial charge is 0.326 e. The molecule has 1 rings (SSSR count). The van der Waals surface area contributed by atoms with E-state index >= 15 is 0 Å². The normalized spacial score (nSPS) is 8.92. The molecule has 0 radical (unpaired) electrons. The topological polar surface area (TPSA) is 50.1 Å². The third kappa shape index (κ3) is 2.77. The van der Waals surface area contributed by atoms with E-state index in [1.54, 1.807) is 24.3 Å². The van der Waals surface area contributed by atoms with Crippen molar-refractivity contribution in [2.45, 2.75) is 0 Å². The molecule has 1 aromatic rings. The maximum atomic E-state index is 10.7. The molecule has 0 atom stereocenters. The van der Waals surface area contributed by atoms with Crippen LogP contribution in [-0.2, 0) is 4.79 Å². The Morgan fingerprint density at radius 1 is 1.46 bits per heavy atom. The summed E-state index contributed by atoms with van der Waals surface area (Å²) in [6, 6.07) is 8.18. The lowest BCUT2D eigenvalue weighted by Crippen LogP contribution is -2.08. The molecule has 1 aromatic carbocycles. The minimum Gasteiger partial charge on any atom is -0.426 e. The number of carbonyl (C=O) groups excluding carboxylic acids is 1. The summed E-state index contributed by atoms with van der Waals surface area (Å²) >= 11 is 5.23. The fourth-order valence-electron chi connectivity index (χ4n) is 0.756. The van der Waals surface area contributed by atoms with Gasteiger partial charge in [0.25, 0.3) is 0 Å². The summed E-state index contributed by atoms with van der Waals surface area (Å²) in [4.78, 5) is 10.7. The number of nitrogens with zero attached hydrogens (tertiary/aromatic N) is 1. The van der Waals surface area contributed by atoms with Gasteiger partial charge in [0.15, 0.2) is 0 Å². The third-order valence-corrected chi connectivity index (χ3v) is 1.54. The Labute approximate surface area is 80.5 Å². The number of rotatable bonds is 2. The molecule has 0 aliphatic carbocycles. The molecule has 0 heterocycles. The minimum atomic E-state index is -0.508. The summed E-state index contributed by atoms with van der Waals surface area (Å²) in [5.41, 5.74) is 0.519. The SMILES string of the molecule is N#Cc1ccc(OC(=O)CCl)cc1. The van der Waals surface area contributed by atoms with Crippen molar-refractivity contribution >= 4 is 17.6 Å². The maximum absolute atomic E-state index is 10.7. The van der Waals surface area contributed by atoms with Crippen LogP contribution >= 0.6 is 11.6 Å². The quantitative estimate of drug-likeness (QED) is 0.410. The van der Waals surface area contributed by atoms with Crippen LogP contribution < -0.4 is 4.74 Å². The largest absolute Gasteiger partial charge is 0.426 e. The number of halogens is 1. The van der Waals surface area contributed by atoms with Crippen molar-refractivity contribution in [3.05, 3.63) is 29.8 Å². The summed E-state index contributed by atoms with van der Waals surface area (Å²) in [5.74, 6) is -0.295. The second kappa shape index (κ2) is 4.48. The van der Waals surface area contributed by atoms with Gasteiger partial charge in [0, 0.05) is 0 Å². The molecule has 0 fully saturated rings. The van der Waals surface area contributed by atoms with Crippen LogP contribution in [0.4, 0.5) is 0 Å². The van der Waals surface area contributed by atoms with E-state index in [-0.39, 0.29) is 5.88 Å².